The lowest BCUT2D eigenvalue weighted by molar-refractivity contribution is -0.274. The fraction of sp³-hybridized carbons (Fsp3) is 0.308. The number of nitrogens with zero attached hydrogens (tertiary/aromatic N) is 1. The number of aliphatic imine (C=N–C) groups is 1. The highest BCUT2D eigenvalue weighted by molar-refractivity contribution is 5.92. The lowest BCUT2D eigenvalue weighted by Gasteiger charge is -2.10. The average Bonchev–Trinajstić information content (AvgIpc) is 2.36. The van der Waals surface area contributed by atoms with Crippen molar-refractivity contribution in [2.45, 2.75) is 25.7 Å². The fourth-order valence-electron chi connectivity index (χ4n) is 1.33. The quantitative estimate of drug-likeness (QED) is 0.508. The van der Waals surface area contributed by atoms with Gasteiger partial charge in [-0.1, -0.05) is 12.8 Å². The third kappa shape index (κ3) is 5.52. The second kappa shape index (κ2) is 6.70. The zero-order chi connectivity index (χ0) is 15.2. The zero-order valence-corrected chi connectivity index (χ0v) is 10.7. The maximum Gasteiger partial charge on any atom is 0.573 e. The summed E-state index contributed by atoms with van der Waals surface area (Å²) in [6.07, 6.45) is 1.16. The first kappa shape index (κ1) is 15.7. The summed E-state index contributed by atoms with van der Waals surface area (Å²) in [5.41, 5.74) is 6.11. The van der Waals surface area contributed by atoms with E-state index in [0.29, 0.717) is 12.1 Å². The van der Waals surface area contributed by atoms with Crippen LogP contribution in [0.3, 0.4) is 0 Å². The van der Waals surface area contributed by atoms with Crippen LogP contribution in [0.1, 0.15) is 13.3 Å². The number of halogens is 3. The molecule has 7 heteroatoms. The fourth-order valence-corrected chi connectivity index (χ4v) is 1.33. The molecule has 1 rings (SSSR count). The second-order valence-corrected chi connectivity index (χ2v) is 3.80. The van der Waals surface area contributed by atoms with Gasteiger partial charge in [-0.3, -0.25) is 0 Å². The van der Waals surface area contributed by atoms with Gasteiger partial charge in [0.15, 0.2) is 5.96 Å². The first-order valence-electron chi connectivity index (χ1n) is 5.76. The van der Waals surface area contributed by atoms with E-state index in [1.54, 1.807) is 0 Å². The molecule has 1 unspecified atom stereocenters. The van der Waals surface area contributed by atoms with Crippen LogP contribution in [0.15, 0.2) is 29.3 Å². The van der Waals surface area contributed by atoms with Crippen LogP contribution in [0.25, 0.3) is 0 Å². The minimum Gasteiger partial charge on any atom is -0.406 e. The van der Waals surface area contributed by atoms with Crippen molar-refractivity contribution >= 4 is 11.6 Å². The molecule has 1 aromatic rings. The third-order valence-corrected chi connectivity index (χ3v) is 2.23. The number of hydrogen-bond acceptors (Lipinski definition) is 2. The van der Waals surface area contributed by atoms with Crippen molar-refractivity contribution in [3.63, 3.8) is 0 Å². The largest absolute Gasteiger partial charge is 0.573 e. The van der Waals surface area contributed by atoms with E-state index in [0.717, 1.165) is 0 Å². The number of anilines is 1. The predicted molar refractivity (Wildman–Crippen MR) is 71.3 cm³/mol. The number of hydrogen-bond donors (Lipinski definition) is 2. The van der Waals surface area contributed by atoms with Crippen molar-refractivity contribution in [2.24, 2.45) is 10.7 Å². The summed E-state index contributed by atoms with van der Waals surface area (Å²) in [5, 5.41) is 2.73. The Morgan fingerprint density at radius 1 is 1.45 bits per heavy atom. The highest BCUT2D eigenvalue weighted by atomic mass is 19.4. The molecule has 0 amide bonds. The SMILES string of the molecule is C#CC(CC)N=C(N)Nc1ccc(OC(F)(F)F)cc1. The van der Waals surface area contributed by atoms with Crippen molar-refractivity contribution in [3.05, 3.63) is 24.3 Å². The number of guanidine groups is 1. The van der Waals surface area contributed by atoms with Crippen molar-refractivity contribution in [3.8, 4) is 18.1 Å². The molecular formula is C13H14F3N3O. The van der Waals surface area contributed by atoms with Crippen molar-refractivity contribution < 1.29 is 17.9 Å². The molecule has 20 heavy (non-hydrogen) atoms. The maximum absolute atomic E-state index is 12.0. The number of terminal acetylenes is 1. The molecule has 1 atom stereocenters. The molecule has 3 N–H and O–H groups in total. The van der Waals surface area contributed by atoms with E-state index in [9.17, 15) is 13.2 Å². The topological polar surface area (TPSA) is 59.6 Å². The van der Waals surface area contributed by atoms with Crippen LogP contribution in [0.5, 0.6) is 5.75 Å². The molecule has 0 fully saturated rings. The lowest BCUT2D eigenvalue weighted by atomic mass is 10.2. The summed E-state index contributed by atoms with van der Waals surface area (Å²) in [4.78, 5) is 4.03. The predicted octanol–water partition coefficient (Wildman–Crippen LogP) is 2.72. The van der Waals surface area contributed by atoms with Gasteiger partial charge in [0.1, 0.15) is 11.8 Å². The van der Waals surface area contributed by atoms with Gasteiger partial charge in [0.25, 0.3) is 0 Å². The van der Waals surface area contributed by atoms with E-state index in [2.05, 4.69) is 21.0 Å². The number of ether oxygens (including phenoxy) is 1. The van der Waals surface area contributed by atoms with Crippen molar-refractivity contribution in [2.75, 3.05) is 5.32 Å². The van der Waals surface area contributed by atoms with Crippen LogP contribution in [0, 0.1) is 12.3 Å². The molecule has 0 saturated heterocycles. The lowest BCUT2D eigenvalue weighted by Crippen LogP contribution is -2.24. The molecule has 0 heterocycles. The van der Waals surface area contributed by atoms with Crippen molar-refractivity contribution in [1.29, 1.82) is 0 Å². The van der Waals surface area contributed by atoms with Gasteiger partial charge in [0, 0.05) is 5.69 Å². The zero-order valence-electron chi connectivity index (χ0n) is 10.7. The molecule has 4 nitrogen and oxygen atoms in total. The molecule has 0 aliphatic rings. The normalized spacial score (nSPS) is 13.4. The summed E-state index contributed by atoms with van der Waals surface area (Å²) in [5.74, 6) is 2.24. The molecule has 0 radical (unpaired) electrons. The Morgan fingerprint density at radius 2 is 2.05 bits per heavy atom. The van der Waals surface area contributed by atoms with E-state index in [-0.39, 0.29) is 17.8 Å². The first-order chi connectivity index (χ1) is 9.34. The summed E-state index contributed by atoms with van der Waals surface area (Å²) in [7, 11) is 0. The van der Waals surface area contributed by atoms with Crippen LogP contribution in [-0.4, -0.2) is 18.4 Å². The van der Waals surface area contributed by atoms with E-state index in [1.165, 1.54) is 24.3 Å². The molecule has 0 aliphatic heterocycles. The Hall–Kier alpha value is -2.36. The maximum atomic E-state index is 12.0. The smallest absolute Gasteiger partial charge is 0.406 e. The average molecular weight is 285 g/mol. The first-order valence-corrected chi connectivity index (χ1v) is 5.76. The van der Waals surface area contributed by atoms with Gasteiger partial charge in [-0.15, -0.1) is 19.6 Å². The summed E-state index contributed by atoms with van der Waals surface area (Å²) >= 11 is 0. The molecule has 1 aromatic carbocycles. The molecular weight excluding hydrogens is 271 g/mol. The Bertz CT molecular complexity index is 503. The molecule has 0 aliphatic carbocycles. The van der Waals surface area contributed by atoms with Crippen LogP contribution in [0.4, 0.5) is 18.9 Å². The van der Waals surface area contributed by atoms with Gasteiger partial charge >= 0.3 is 6.36 Å². The number of alkyl halides is 3. The minimum absolute atomic E-state index is 0.0966. The Balaban J connectivity index is 2.68. The van der Waals surface area contributed by atoms with E-state index >= 15 is 0 Å². The van der Waals surface area contributed by atoms with Gasteiger partial charge in [0.05, 0.1) is 0 Å². The standard InChI is InChI=1S/C13H14F3N3O/c1-3-9(4-2)18-12(17)19-10-5-7-11(8-6-10)20-13(14,15)16/h1,5-9H,4H2,2H3,(H3,17,18,19). The number of nitrogens with two attached hydrogens (primary N) is 1. The van der Waals surface area contributed by atoms with Gasteiger partial charge in [-0.05, 0) is 30.7 Å². The Labute approximate surface area is 114 Å². The highest BCUT2D eigenvalue weighted by Gasteiger charge is 2.30. The third-order valence-electron chi connectivity index (χ3n) is 2.23. The van der Waals surface area contributed by atoms with Crippen LogP contribution in [0.2, 0.25) is 0 Å². The molecule has 0 aromatic heterocycles. The Kier molecular flexibility index (Phi) is 5.26. The van der Waals surface area contributed by atoms with Gasteiger partial charge < -0.3 is 15.8 Å². The molecule has 108 valence electrons. The number of benzene rings is 1. The molecule has 0 spiro atoms. The monoisotopic (exact) mass is 285 g/mol. The van der Waals surface area contributed by atoms with Crippen molar-refractivity contribution in [1.82, 2.24) is 0 Å². The van der Waals surface area contributed by atoms with E-state index < -0.39 is 6.36 Å². The molecule has 0 bridgehead atoms. The van der Waals surface area contributed by atoms with Crippen LogP contribution in [-0.2, 0) is 0 Å². The Morgan fingerprint density at radius 3 is 2.50 bits per heavy atom. The van der Waals surface area contributed by atoms with Crippen LogP contribution >= 0.6 is 0 Å². The second-order valence-electron chi connectivity index (χ2n) is 3.80. The molecule has 0 saturated carbocycles. The summed E-state index contributed by atoms with van der Waals surface area (Å²) < 4.78 is 39.7. The van der Waals surface area contributed by atoms with E-state index in [4.69, 9.17) is 12.2 Å². The number of rotatable bonds is 4. The minimum atomic E-state index is -4.71. The summed E-state index contributed by atoms with van der Waals surface area (Å²) in [6.45, 7) is 1.87. The summed E-state index contributed by atoms with van der Waals surface area (Å²) in [6, 6.07) is 4.78. The van der Waals surface area contributed by atoms with Gasteiger partial charge in [-0.25, -0.2) is 4.99 Å². The highest BCUT2D eigenvalue weighted by Crippen LogP contribution is 2.23. The van der Waals surface area contributed by atoms with Gasteiger partial charge in [0.2, 0.25) is 0 Å². The van der Waals surface area contributed by atoms with Gasteiger partial charge in [-0.2, -0.15) is 0 Å². The van der Waals surface area contributed by atoms with E-state index in [1.807, 2.05) is 6.92 Å². The van der Waals surface area contributed by atoms with Crippen LogP contribution < -0.4 is 15.8 Å². The number of nitrogens with one attached hydrogen (secondary N) is 1.